The number of carboxylic acids is 1. The summed E-state index contributed by atoms with van der Waals surface area (Å²) in [6.45, 7) is 0. The summed E-state index contributed by atoms with van der Waals surface area (Å²) >= 11 is 15.2. The molecule has 0 bridgehead atoms. The molecule has 3 aromatic rings. The number of carbonyl (C=O) groups excluding carboxylic acids is 4. The molecule has 0 spiro atoms. The number of nitrogens with one attached hydrogen (secondary N) is 2. The predicted molar refractivity (Wildman–Crippen MR) is 139 cm³/mol. The Morgan fingerprint density at radius 1 is 0.711 bits per heavy atom. The van der Waals surface area contributed by atoms with Crippen LogP contribution in [0.15, 0.2) is 77.3 Å². The molecule has 13 heteroatoms. The van der Waals surface area contributed by atoms with Gasteiger partial charge in [0.25, 0.3) is 11.8 Å². The lowest BCUT2D eigenvalue weighted by Crippen LogP contribution is -2.54. The molecule has 0 unspecified atom stereocenters. The zero-order valence-corrected chi connectivity index (χ0v) is 22.1. The lowest BCUT2D eigenvalue weighted by Gasteiger charge is -2.24. The average molecular weight is 624 g/mol. The highest BCUT2D eigenvalue weighted by atomic mass is 79.9. The van der Waals surface area contributed by atoms with Crippen LogP contribution in [0.25, 0.3) is 0 Å². The molecule has 196 valence electrons. The second-order valence-electron chi connectivity index (χ2n) is 7.40. The summed E-state index contributed by atoms with van der Waals surface area (Å²) in [5.41, 5.74) is 3.84. The highest BCUT2D eigenvalue weighted by molar-refractivity contribution is 9.10. The van der Waals surface area contributed by atoms with Crippen molar-refractivity contribution in [3.63, 3.8) is 0 Å². The second-order valence-corrected chi connectivity index (χ2v) is 9.13. The van der Waals surface area contributed by atoms with Crippen molar-refractivity contribution >= 4 is 68.9 Å². The maximum absolute atomic E-state index is 13.0. The number of hydrogen-bond acceptors (Lipinski definition) is 7. The molecule has 38 heavy (non-hydrogen) atoms. The first-order valence-corrected chi connectivity index (χ1v) is 12.1. The summed E-state index contributed by atoms with van der Waals surface area (Å²) in [7, 11) is 0. The Hall–Kier alpha value is -3.93. The first-order valence-electron chi connectivity index (χ1n) is 10.6. The summed E-state index contributed by atoms with van der Waals surface area (Å²) in [5.74, 6) is -6.28. The van der Waals surface area contributed by atoms with E-state index < -0.39 is 41.9 Å². The second kappa shape index (κ2) is 13.0. The van der Waals surface area contributed by atoms with Crippen molar-refractivity contribution in [1.29, 1.82) is 0 Å². The Labute approximate surface area is 233 Å². The number of esters is 2. The monoisotopic (exact) mass is 622 g/mol. The first-order chi connectivity index (χ1) is 18.1. The van der Waals surface area contributed by atoms with Gasteiger partial charge in [-0.15, -0.1) is 0 Å². The van der Waals surface area contributed by atoms with E-state index in [9.17, 15) is 29.1 Å². The van der Waals surface area contributed by atoms with Crippen LogP contribution in [0.5, 0.6) is 0 Å². The van der Waals surface area contributed by atoms with Gasteiger partial charge in [0, 0.05) is 10.0 Å². The van der Waals surface area contributed by atoms with Crippen LogP contribution < -0.4 is 10.9 Å². The van der Waals surface area contributed by atoms with E-state index in [-0.39, 0.29) is 26.7 Å². The van der Waals surface area contributed by atoms with Crippen molar-refractivity contribution in [3.05, 3.63) is 104 Å². The third kappa shape index (κ3) is 7.31. The topological polar surface area (TPSA) is 148 Å². The van der Waals surface area contributed by atoms with E-state index in [1.54, 1.807) is 12.1 Å². The van der Waals surface area contributed by atoms with Crippen molar-refractivity contribution < 1.29 is 38.6 Å². The van der Waals surface area contributed by atoms with Crippen LogP contribution in [-0.4, -0.2) is 47.0 Å². The molecule has 10 nitrogen and oxygen atoms in total. The molecule has 0 aromatic heterocycles. The molecule has 0 radical (unpaired) electrons. The summed E-state index contributed by atoms with van der Waals surface area (Å²) in [4.78, 5) is 62.9. The number of halogens is 3. The highest BCUT2D eigenvalue weighted by Gasteiger charge is 2.41. The van der Waals surface area contributed by atoms with Crippen LogP contribution in [0.2, 0.25) is 10.0 Å². The Bertz CT molecular complexity index is 1380. The van der Waals surface area contributed by atoms with Crippen LogP contribution in [0, 0.1) is 0 Å². The highest BCUT2D eigenvalue weighted by Crippen LogP contribution is 2.21. The Balaban J connectivity index is 1.87. The lowest BCUT2D eigenvalue weighted by molar-refractivity contribution is -0.159. The fourth-order valence-corrected chi connectivity index (χ4v) is 3.66. The lowest BCUT2D eigenvalue weighted by atomic mass is 10.1. The van der Waals surface area contributed by atoms with Crippen molar-refractivity contribution in [2.75, 3.05) is 0 Å². The zero-order chi connectivity index (χ0) is 27.8. The largest absolute Gasteiger partial charge is 0.478 e. The van der Waals surface area contributed by atoms with Gasteiger partial charge < -0.3 is 14.6 Å². The fourth-order valence-electron chi connectivity index (χ4n) is 2.97. The van der Waals surface area contributed by atoms with Gasteiger partial charge in [0.05, 0.1) is 21.2 Å². The van der Waals surface area contributed by atoms with Gasteiger partial charge in [-0.05, 0) is 48.5 Å². The third-order valence-corrected chi connectivity index (χ3v) is 6.03. The van der Waals surface area contributed by atoms with Gasteiger partial charge in [0.1, 0.15) is 0 Å². The molecule has 2 amide bonds. The van der Waals surface area contributed by atoms with Gasteiger partial charge in [-0.1, -0.05) is 63.4 Å². The Kier molecular flexibility index (Phi) is 9.83. The molecule has 0 saturated heterocycles. The number of hydrogen-bond donors (Lipinski definition) is 3. The predicted octanol–water partition coefficient (Wildman–Crippen LogP) is 4.05. The number of aliphatic carboxylic acids is 1. The molecule has 3 rings (SSSR count). The molecule has 0 aliphatic rings. The maximum Gasteiger partial charge on any atom is 0.349 e. The molecule has 0 saturated carbocycles. The van der Waals surface area contributed by atoms with Crippen LogP contribution in [0.4, 0.5) is 0 Å². The van der Waals surface area contributed by atoms with Gasteiger partial charge in [-0.2, -0.15) is 0 Å². The summed E-state index contributed by atoms with van der Waals surface area (Å²) < 4.78 is 10.9. The third-order valence-electron chi connectivity index (χ3n) is 4.84. The van der Waals surface area contributed by atoms with E-state index >= 15 is 0 Å². The minimum Gasteiger partial charge on any atom is -0.478 e. The number of rotatable bonds is 8. The number of ether oxygens (including phenoxy) is 2. The smallest absolute Gasteiger partial charge is 0.349 e. The van der Waals surface area contributed by atoms with Crippen LogP contribution in [0.3, 0.4) is 0 Å². The van der Waals surface area contributed by atoms with Gasteiger partial charge in [-0.25, -0.2) is 14.4 Å². The standard InChI is InChI=1S/C25H17BrCl2N2O8/c26-14-11-9-13(10-12-14)21(31)29-30-22(32)19(37-24(35)15-5-1-3-7-17(15)27)20(23(33)34)38-25(36)16-6-2-4-8-18(16)28/h1-12,19-20H,(H,29,31)(H,30,32)(H,33,34)/t19-,20-/m1/s1. The van der Waals surface area contributed by atoms with Crippen LogP contribution in [0.1, 0.15) is 31.1 Å². The number of amides is 2. The SMILES string of the molecule is O=C(NNC(=O)[C@H](OC(=O)c1ccccc1Cl)[C@@H](OC(=O)c1ccccc1Cl)C(=O)O)c1ccc(Br)cc1. The van der Waals surface area contributed by atoms with Crippen LogP contribution >= 0.6 is 39.1 Å². The van der Waals surface area contributed by atoms with Gasteiger partial charge in [0.15, 0.2) is 0 Å². The first kappa shape index (κ1) is 28.6. The minimum atomic E-state index is -2.34. The van der Waals surface area contributed by atoms with E-state index in [4.69, 9.17) is 32.7 Å². The van der Waals surface area contributed by atoms with Crippen LogP contribution in [-0.2, 0) is 19.1 Å². The van der Waals surface area contributed by atoms with Crippen molar-refractivity contribution in [3.8, 4) is 0 Å². The Morgan fingerprint density at radius 2 is 1.18 bits per heavy atom. The molecule has 2 atom stereocenters. The molecule has 3 aromatic carbocycles. The number of benzene rings is 3. The number of hydrazine groups is 1. The van der Waals surface area contributed by atoms with E-state index in [1.807, 2.05) is 5.43 Å². The minimum absolute atomic E-state index is 0.0415. The molecule has 0 aliphatic carbocycles. The summed E-state index contributed by atoms with van der Waals surface area (Å²) in [5, 5.41) is 9.69. The van der Waals surface area contributed by atoms with Crippen molar-refractivity contribution in [2.24, 2.45) is 0 Å². The molecule has 0 heterocycles. The molecule has 0 fully saturated rings. The summed E-state index contributed by atoms with van der Waals surface area (Å²) in [6.07, 6.45) is -4.59. The van der Waals surface area contributed by atoms with Crippen molar-refractivity contribution in [2.45, 2.75) is 12.2 Å². The molecule has 0 aliphatic heterocycles. The van der Waals surface area contributed by atoms with E-state index in [1.165, 1.54) is 60.7 Å². The van der Waals surface area contributed by atoms with Crippen molar-refractivity contribution in [1.82, 2.24) is 10.9 Å². The quantitative estimate of drug-likeness (QED) is 0.251. The molecule has 3 N–H and O–H groups in total. The normalized spacial score (nSPS) is 12.0. The van der Waals surface area contributed by atoms with Gasteiger partial charge >= 0.3 is 17.9 Å². The zero-order valence-electron chi connectivity index (χ0n) is 19.0. The van der Waals surface area contributed by atoms with E-state index in [0.717, 1.165) is 0 Å². The number of carbonyl (C=O) groups is 5. The van der Waals surface area contributed by atoms with E-state index in [0.29, 0.717) is 4.47 Å². The summed E-state index contributed by atoms with van der Waals surface area (Å²) in [6, 6.07) is 17.3. The average Bonchev–Trinajstić information content (AvgIpc) is 2.89. The number of carboxylic acid groups (broad SMARTS) is 1. The Morgan fingerprint density at radius 3 is 1.66 bits per heavy atom. The molecular formula is C25H17BrCl2N2O8. The maximum atomic E-state index is 13.0. The van der Waals surface area contributed by atoms with E-state index in [2.05, 4.69) is 21.4 Å². The fraction of sp³-hybridized carbons (Fsp3) is 0.0800. The van der Waals surface area contributed by atoms with Gasteiger partial charge in [-0.3, -0.25) is 20.4 Å². The molecular weight excluding hydrogens is 607 g/mol. The van der Waals surface area contributed by atoms with Gasteiger partial charge in [0.2, 0.25) is 12.2 Å².